The largest absolute Gasteiger partial charge is 0.394 e. The summed E-state index contributed by atoms with van der Waals surface area (Å²) < 4.78 is 0. The first kappa shape index (κ1) is 11.4. The SMILES string of the molecule is CC(CC#N)N(C)C(C)(C)CO. The second-order valence-electron chi connectivity index (χ2n) is 3.79. The Bertz CT molecular complexity index is 172. The molecule has 0 aromatic heterocycles. The standard InChI is InChI=1S/C9H18N2O/c1-8(5-6-10)11(4)9(2,3)7-12/h8,12H,5,7H2,1-4H3. The summed E-state index contributed by atoms with van der Waals surface area (Å²) in [4.78, 5) is 2.02. The van der Waals surface area contributed by atoms with Crippen LogP contribution in [-0.2, 0) is 0 Å². The molecule has 0 amide bonds. The number of likely N-dealkylation sites (N-methyl/N-ethyl adjacent to an activating group) is 1. The molecular weight excluding hydrogens is 152 g/mol. The minimum absolute atomic E-state index is 0.110. The molecule has 0 rings (SSSR count). The molecule has 0 aliphatic carbocycles. The lowest BCUT2D eigenvalue weighted by Gasteiger charge is -2.37. The van der Waals surface area contributed by atoms with Gasteiger partial charge in [-0.1, -0.05) is 0 Å². The van der Waals surface area contributed by atoms with E-state index in [-0.39, 0.29) is 18.2 Å². The zero-order chi connectivity index (χ0) is 9.78. The number of nitriles is 1. The van der Waals surface area contributed by atoms with Gasteiger partial charge >= 0.3 is 0 Å². The van der Waals surface area contributed by atoms with Crippen molar-refractivity contribution >= 4 is 0 Å². The molecule has 0 aromatic carbocycles. The molecule has 0 heterocycles. The van der Waals surface area contributed by atoms with Crippen molar-refractivity contribution in [1.82, 2.24) is 4.90 Å². The number of rotatable bonds is 4. The smallest absolute Gasteiger partial charge is 0.0638 e. The highest BCUT2D eigenvalue weighted by Crippen LogP contribution is 2.15. The zero-order valence-electron chi connectivity index (χ0n) is 8.33. The van der Waals surface area contributed by atoms with E-state index in [1.807, 2.05) is 32.7 Å². The Morgan fingerprint density at radius 1 is 1.58 bits per heavy atom. The van der Waals surface area contributed by atoms with Crippen molar-refractivity contribution in [2.75, 3.05) is 13.7 Å². The lowest BCUT2D eigenvalue weighted by molar-refractivity contribution is 0.0520. The van der Waals surface area contributed by atoms with Crippen LogP contribution in [0.2, 0.25) is 0 Å². The van der Waals surface area contributed by atoms with Gasteiger partial charge in [-0.2, -0.15) is 5.26 Å². The van der Waals surface area contributed by atoms with E-state index in [4.69, 9.17) is 10.4 Å². The van der Waals surface area contributed by atoms with Gasteiger partial charge in [0.25, 0.3) is 0 Å². The van der Waals surface area contributed by atoms with E-state index in [0.29, 0.717) is 6.42 Å². The van der Waals surface area contributed by atoms with Crippen molar-refractivity contribution in [1.29, 1.82) is 5.26 Å². The minimum atomic E-state index is -0.240. The van der Waals surface area contributed by atoms with E-state index in [9.17, 15) is 0 Å². The molecule has 0 aliphatic rings. The third kappa shape index (κ3) is 2.80. The van der Waals surface area contributed by atoms with Crippen LogP contribution >= 0.6 is 0 Å². The highest BCUT2D eigenvalue weighted by Gasteiger charge is 2.25. The highest BCUT2D eigenvalue weighted by atomic mass is 16.3. The number of hydrogen-bond donors (Lipinski definition) is 1. The molecule has 3 heteroatoms. The van der Waals surface area contributed by atoms with Crippen LogP contribution < -0.4 is 0 Å². The van der Waals surface area contributed by atoms with Crippen LogP contribution in [-0.4, -0.2) is 35.2 Å². The van der Waals surface area contributed by atoms with Crippen LogP contribution in [0.15, 0.2) is 0 Å². The van der Waals surface area contributed by atoms with E-state index in [0.717, 1.165) is 0 Å². The van der Waals surface area contributed by atoms with Crippen molar-refractivity contribution in [2.45, 2.75) is 38.8 Å². The molecule has 0 saturated heterocycles. The monoisotopic (exact) mass is 170 g/mol. The lowest BCUT2D eigenvalue weighted by atomic mass is 10.0. The maximum atomic E-state index is 9.06. The third-order valence-corrected chi connectivity index (χ3v) is 2.39. The molecule has 0 aromatic rings. The topological polar surface area (TPSA) is 47.3 Å². The van der Waals surface area contributed by atoms with Gasteiger partial charge in [0.15, 0.2) is 0 Å². The number of aliphatic hydroxyl groups is 1. The van der Waals surface area contributed by atoms with E-state index in [1.165, 1.54) is 0 Å². The van der Waals surface area contributed by atoms with Gasteiger partial charge in [-0.25, -0.2) is 0 Å². The maximum absolute atomic E-state index is 9.06. The predicted octanol–water partition coefficient (Wildman–Crippen LogP) is 0.991. The van der Waals surface area contributed by atoms with Crippen LogP contribution in [0.25, 0.3) is 0 Å². The Kier molecular flexibility index (Phi) is 4.22. The molecule has 0 bridgehead atoms. The Morgan fingerprint density at radius 2 is 2.08 bits per heavy atom. The van der Waals surface area contributed by atoms with Crippen LogP contribution in [0.3, 0.4) is 0 Å². The normalized spacial score (nSPS) is 14.4. The van der Waals surface area contributed by atoms with Gasteiger partial charge in [-0.05, 0) is 27.8 Å². The predicted molar refractivity (Wildman–Crippen MR) is 48.6 cm³/mol. The molecule has 1 unspecified atom stereocenters. The summed E-state index contributed by atoms with van der Waals surface area (Å²) in [5.41, 5.74) is -0.240. The number of nitrogens with zero attached hydrogens (tertiary/aromatic N) is 2. The first-order valence-electron chi connectivity index (χ1n) is 4.16. The Morgan fingerprint density at radius 3 is 2.42 bits per heavy atom. The average Bonchev–Trinajstić information content (AvgIpc) is 2.03. The summed E-state index contributed by atoms with van der Waals surface area (Å²) >= 11 is 0. The van der Waals surface area contributed by atoms with E-state index in [1.54, 1.807) is 0 Å². The van der Waals surface area contributed by atoms with Gasteiger partial charge in [-0.3, -0.25) is 4.90 Å². The first-order valence-corrected chi connectivity index (χ1v) is 4.16. The van der Waals surface area contributed by atoms with E-state index < -0.39 is 0 Å². The summed E-state index contributed by atoms with van der Waals surface area (Å²) in [6.07, 6.45) is 0.500. The minimum Gasteiger partial charge on any atom is -0.394 e. The van der Waals surface area contributed by atoms with Crippen molar-refractivity contribution in [3.63, 3.8) is 0 Å². The Labute approximate surface area is 74.6 Å². The van der Waals surface area contributed by atoms with Gasteiger partial charge in [0, 0.05) is 11.6 Å². The molecular formula is C9H18N2O. The second kappa shape index (κ2) is 4.44. The Hall–Kier alpha value is -0.590. The summed E-state index contributed by atoms with van der Waals surface area (Å²) in [7, 11) is 1.93. The van der Waals surface area contributed by atoms with E-state index in [2.05, 4.69) is 6.07 Å². The summed E-state index contributed by atoms with van der Waals surface area (Å²) in [6, 6.07) is 2.31. The maximum Gasteiger partial charge on any atom is 0.0638 e. The summed E-state index contributed by atoms with van der Waals surface area (Å²) in [5.74, 6) is 0. The molecule has 70 valence electrons. The molecule has 1 atom stereocenters. The van der Waals surface area contributed by atoms with Crippen molar-refractivity contribution in [2.24, 2.45) is 0 Å². The van der Waals surface area contributed by atoms with Gasteiger partial charge in [0.2, 0.25) is 0 Å². The van der Waals surface area contributed by atoms with Crippen molar-refractivity contribution < 1.29 is 5.11 Å². The van der Waals surface area contributed by atoms with Gasteiger partial charge < -0.3 is 5.11 Å². The lowest BCUT2D eigenvalue weighted by Crippen LogP contribution is -2.48. The summed E-state index contributed by atoms with van der Waals surface area (Å²) in [6.45, 7) is 6.02. The molecule has 0 radical (unpaired) electrons. The zero-order valence-corrected chi connectivity index (χ0v) is 8.33. The third-order valence-electron chi connectivity index (χ3n) is 2.39. The quantitative estimate of drug-likeness (QED) is 0.684. The van der Waals surface area contributed by atoms with E-state index >= 15 is 0 Å². The molecule has 0 saturated carbocycles. The second-order valence-corrected chi connectivity index (χ2v) is 3.79. The molecule has 0 fully saturated rings. The molecule has 3 nitrogen and oxygen atoms in total. The van der Waals surface area contributed by atoms with Crippen LogP contribution in [0.1, 0.15) is 27.2 Å². The van der Waals surface area contributed by atoms with Crippen molar-refractivity contribution in [3.05, 3.63) is 0 Å². The fourth-order valence-electron chi connectivity index (χ4n) is 0.977. The van der Waals surface area contributed by atoms with Gasteiger partial charge in [0.1, 0.15) is 0 Å². The van der Waals surface area contributed by atoms with Crippen LogP contribution in [0.4, 0.5) is 0 Å². The molecule has 1 N–H and O–H groups in total. The number of hydrogen-bond acceptors (Lipinski definition) is 3. The van der Waals surface area contributed by atoms with Crippen molar-refractivity contribution in [3.8, 4) is 6.07 Å². The molecule has 0 spiro atoms. The fourth-order valence-corrected chi connectivity index (χ4v) is 0.977. The van der Waals surface area contributed by atoms with Crippen LogP contribution in [0.5, 0.6) is 0 Å². The Balaban J connectivity index is 4.19. The van der Waals surface area contributed by atoms with Gasteiger partial charge in [-0.15, -0.1) is 0 Å². The number of aliphatic hydroxyl groups excluding tert-OH is 1. The summed E-state index contributed by atoms with van der Waals surface area (Å²) in [5, 5.41) is 17.5. The molecule has 12 heavy (non-hydrogen) atoms. The first-order chi connectivity index (χ1) is 5.45. The average molecular weight is 170 g/mol. The van der Waals surface area contributed by atoms with Crippen LogP contribution in [0, 0.1) is 11.3 Å². The molecule has 0 aliphatic heterocycles. The van der Waals surface area contributed by atoms with Gasteiger partial charge in [0.05, 0.1) is 19.1 Å². The highest BCUT2D eigenvalue weighted by molar-refractivity contribution is 4.86. The fraction of sp³-hybridized carbons (Fsp3) is 0.889.